The molecule has 0 unspecified atom stereocenters. The first-order valence-corrected chi connectivity index (χ1v) is 9.50. The Morgan fingerprint density at radius 3 is 2.11 bits per heavy atom. The first-order valence-electron chi connectivity index (χ1n) is 7.65. The lowest BCUT2D eigenvalue weighted by atomic mass is 10.2. The molecular formula is C15H22N4O8S. The van der Waals surface area contributed by atoms with E-state index in [4.69, 9.17) is 9.47 Å². The molecule has 12 nitrogen and oxygen atoms in total. The van der Waals surface area contributed by atoms with Crippen molar-refractivity contribution in [2.45, 2.75) is 13.2 Å². The average Bonchev–Trinajstić information content (AvgIpc) is 3.28. The molecule has 2 rings (SSSR count). The molecule has 2 heterocycles. The molecule has 2 aromatic rings. The van der Waals surface area contributed by atoms with E-state index < -0.39 is 22.0 Å². The van der Waals surface area contributed by atoms with E-state index in [1.165, 1.54) is 27.5 Å². The van der Waals surface area contributed by atoms with Gasteiger partial charge in [0.05, 0.1) is 51.8 Å². The van der Waals surface area contributed by atoms with E-state index >= 15 is 0 Å². The molecule has 0 aliphatic heterocycles. The Labute approximate surface area is 161 Å². The van der Waals surface area contributed by atoms with Crippen LogP contribution in [0.5, 0.6) is 0 Å². The maximum Gasteiger partial charge on any atom is 0.341 e. The highest BCUT2D eigenvalue weighted by atomic mass is 32.2. The molecule has 0 aliphatic rings. The van der Waals surface area contributed by atoms with Crippen molar-refractivity contribution in [2.75, 3.05) is 34.7 Å². The Kier molecular flexibility index (Phi) is 8.76. The zero-order valence-electron chi connectivity index (χ0n) is 16.1. The minimum absolute atomic E-state index is 0.0347. The number of carbonyl (C=O) groups excluding carboxylic acids is 2. The second-order valence-electron chi connectivity index (χ2n) is 5.24. The molecule has 0 aliphatic carbocycles. The summed E-state index contributed by atoms with van der Waals surface area (Å²) in [5, 5.41) is 10.1. The molecule has 28 heavy (non-hydrogen) atoms. The fourth-order valence-electron chi connectivity index (χ4n) is 1.93. The number of esters is 2. The molecule has 0 saturated carbocycles. The van der Waals surface area contributed by atoms with Gasteiger partial charge < -0.3 is 18.9 Å². The number of nitrogens with zero attached hydrogens (tertiary/aromatic N) is 3. The molecule has 0 amide bonds. The second kappa shape index (κ2) is 10.5. The van der Waals surface area contributed by atoms with E-state index in [0.29, 0.717) is 22.0 Å². The Morgan fingerprint density at radius 2 is 1.61 bits per heavy atom. The molecule has 0 bridgehead atoms. The van der Waals surface area contributed by atoms with Crippen LogP contribution in [0.1, 0.15) is 32.1 Å². The molecule has 0 spiro atoms. The Hall–Kier alpha value is -2.77. The van der Waals surface area contributed by atoms with Crippen molar-refractivity contribution in [3.05, 3.63) is 34.9 Å². The number of ether oxygens (including phenoxy) is 4. The van der Waals surface area contributed by atoms with Crippen LogP contribution in [0, 0.1) is 0 Å². The number of hydrogen-bond donors (Lipinski definition) is 1. The number of hydrogen-bond acceptors (Lipinski definition) is 10. The zero-order chi connectivity index (χ0) is 21.3. The summed E-state index contributed by atoms with van der Waals surface area (Å²) >= 11 is 0. The van der Waals surface area contributed by atoms with E-state index in [-0.39, 0.29) is 17.9 Å². The molecule has 0 atom stereocenters. The summed E-state index contributed by atoms with van der Waals surface area (Å²) in [4.78, 5) is 22.4. The molecular weight excluding hydrogens is 396 g/mol. The number of aromatic nitrogens is 4. The molecule has 156 valence electrons. The van der Waals surface area contributed by atoms with Crippen molar-refractivity contribution in [3.63, 3.8) is 0 Å². The lowest BCUT2D eigenvalue weighted by molar-refractivity contribution is 0.0587. The first kappa shape index (κ1) is 23.3. The highest BCUT2D eigenvalue weighted by molar-refractivity contribution is 7.89. The van der Waals surface area contributed by atoms with Crippen LogP contribution in [-0.4, -0.2) is 74.4 Å². The van der Waals surface area contributed by atoms with Crippen LogP contribution in [0.25, 0.3) is 0 Å². The number of aromatic amines is 1. The van der Waals surface area contributed by atoms with Crippen LogP contribution in [0.2, 0.25) is 0 Å². The van der Waals surface area contributed by atoms with Gasteiger partial charge in [-0.2, -0.15) is 14.3 Å². The predicted octanol–water partition coefficient (Wildman–Crippen LogP) is -0.0335. The molecule has 13 heteroatoms. The number of methoxy groups -OCH3 is 4. The summed E-state index contributed by atoms with van der Waals surface area (Å²) in [6.45, 7) is 0.359. The standard InChI is InChI=1S/C8H12N2O5S.C7H10N2O3/c1-14-5-7-6(8(11)15-2)4-10(9-7)16(3,12)13;1-11-4-6-5(3-8-9-6)7(10)12-2/h4H,5H2,1-3H3;3H,4H2,1-2H3,(H,8,9). The SMILES string of the molecule is COCc1[nH]ncc1C(=O)OC.COCc1nn(S(C)(=O)=O)cc1C(=O)OC. The van der Waals surface area contributed by atoms with Crippen LogP contribution in [-0.2, 0) is 42.2 Å². The lowest BCUT2D eigenvalue weighted by Gasteiger charge is -1.98. The maximum absolute atomic E-state index is 11.3. The molecule has 0 saturated heterocycles. The van der Waals surface area contributed by atoms with Crippen LogP contribution in [0.15, 0.2) is 12.4 Å². The number of H-pyrrole nitrogens is 1. The summed E-state index contributed by atoms with van der Waals surface area (Å²) in [6, 6.07) is 0. The van der Waals surface area contributed by atoms with Crippen molar-refractivity contribution in [1.29, 1.82) is 0 Å². The minimum atomic E-state index is -3.52. The number of rotatable bonds is 7. The van der Waals surface area contributed by atoms with E-state index in [0.717, 1.165) is 12.5 Å². The predicted molar refractivity (Wildman–Crippen MR) is 95.2 cm³/mol. The van der Waals surface area contributed by atoms with Crippen LogP contribution in [0.4, 0.5) is 0 Å². The minimum Gasteiger partial charge on any atom is -0.465 e. The Bertz CT molecular complexity index is 903. The largest absolute Gasteiger partial charge is 0.465 e. The quantitative estimate of drug-likeness (QED) is 0.607. The average molecular weight is 418 g/mol. The Morgan fingerprint density at radius 1 is 1.04 bits per heavy atom. The van der Waals surface area contributed by atoms with Crippen molar-refractivity contribution in [3.8, 4) is 0 Å². The third-order valence-corrected chi connectivity index (χ3v) is 4.07. The maximum atomic E-state index is 11.3. The third-order valence-electron chi connectivity index (χ3n) is 3.21. The van der Waals surface area contributed by atoms with Gasteiger partial charge in [-0.3, -0.25) is 5.10 Å². The Balaban J connectivity index is 0.000000292. The smallest absolute Gasteiger partial charge is 0.341 e. The third kappa shape index (κ3) is 6.14. The fourth-order valence-corrected chi connectivity index (χ4v) is 2.48. The van der Waals surface area contributed by atoms with Gasteiger partial charge in [-0.25, -0.2) is 18.0 Å². The van der Waals surface area contributed by atoms with E-state index in [1.807, 2.05) is 0 Å². The number of nitrogens with one attached hydrogen (secondary N) is 1. The summed E-state index contributed by atoms with van der Waals surface area (Å²) in [5.74, 6) is -1.06. The van der Waals surface area contributed by atoms with Gasteiger partial charge in [0.2, 0.25) is 0 Å². The van der Waals surface area contributed by atoms with E-state index in [1.54, 1.807) is 7.11 Å². The summed E-state index contributed by atoms with van der Waals surface area (Å²) < 4.78 is 41.8. The lowest BCUT2D eigenvalue weighted by Crippen LogP contribution is -2.10. The normalized spacial score (nSPS) is 10.8. The van der Waals surface area contributed by atoms with Gasteiger partial charge in [0.15, 0.2) is 0 Å². The molecule has 2 aromatic heterocycles. The van der Waals surface area contributed by atoms with Crippen LogP contribution >= 0.6 is 0 Å². The topological polar surface area (TPSA) is 152 Å². The van der Waals surface area contributed by atoms with Gasteiger partial charge in [0.25, 0.3) is 10.0 Å². The van der Waals surface area contributed by atoms with Crippen molar-refractivity contribution < 1.29 is 37.0 Å². The summed E-state index contributed by atoms with van der Waals surface area (Å²) in [6.07, 6.45) is 3.51. The van der Waals surface area contributed by atoms with Crippen molar-refractivity contribution >= 4 is 22.0 Å². The fraction of sp³-hybridized carbons (Fsp3) is 0.467. The zero-order valence-corrected chi connectivity index (χ0v) is 16.9. The van der Waals surface area contributed by atoms with Gasteiger partial charge >= 0.3 is 11.9 Å². The summed E-state index contributed by atoms with van der Waals surface area (Å²) in [7, 11) is 1.97. The van der Waals surface area contributed by atoms with Crippen molar-refractivity contribution in [2.24, 2.45) is 0 Å². The van der Waals surface area contributed by atoms with Gasteiger partial charge in [-0.05, 0) is 0 Å². The van der Waals surface area contributed by atoms with Gasteiger partial charge in [0, 0.05) is 14.2 Å². The first-order chi connectivity index (χ1) is 13.2. The van der Waals surface area contributed by atoms with Gasteiger partial charge in [-0.1, -0.05) is 0 Å². The van der Waals surface area contributed by atoms with Crippen LogP contribution < -0.4 is 0 Å². The monoisotopic (exact) mass is 418 g/mol. The molecule has 1 N–H and O–H groups in total. The van der Waals surface area contributed by atoms with E-state index in [9.17, 15) is 18.0 Å². The highest BCUT2D eigenvalue weighted by Gasteiger charge is 2.20. The van der Waals surface area contributed by atoms with Gasteiger partial charge in [-0.15, -0.1) is 0 Å². The second-order valence-corrected chi connectivity index (χ2v) is 7.08. The summed E-state index contributed by atoms with van der Waals surface area (Å²) in [5.41, 5.74) is 1.35. The highest BCUT2D eigenvalue weighted by Crippen LogP contribution is 2.11. The molecule has 0 fully saturated rings. The van der Waals surface area contributed by atoms with Crippen molar-refractivity contribution in [1.82, 2.24) is 19.4 Å². The van der Waals surface area contributed by atoms with E-state index in [2.05, 4.69) is 24.8 Å². The molecule has 0 radical (unpaired) electrons. The number of carbonyl (C=O) groups is 2. The molecule has 0 aromatic carbocycles. The van der Waals surface area contributed by atoms with Gasteiger partial charge in [0.1, 0.15) is 16.8 Å². The van der Waals surface area contributed by atoms with Crippen LogP contribution in [0.3, 0.4) is 0 Å².